The van der Waals surface area contributed by atoms with Crippen molar-refractivity contribution in [1.29, 1.82) is 0 Å². The summed E-state index contributed by atoms with van der Waals surface area (Å²) < 4.78 is 45.4. The van der Waals surface area contributed by atoms with Crippen LogP contribution in [0.4, 0.5) is 10.1 Å². The lowest BCUT2D eigenvalue weighted by atomic mass is 10.1. The van der Waals surface area contributed by atoms with Crippen molar-refractivity contribution in [3.8, 4) is 5.75 Å². The van der Waals surface area contributed by atoms with Gasteiger partial charge in [0, 0.05) is 12.2 Å². The Morgan fingerprint density at radius 2 is 1.93 bits per heavy atom. The highest BCUT2D eigenvalue weighted by Crippen LogP contribution is 2.43. The molecule has 0 saturated carbocycles. The number of sulfone groups is 1. The lowest BCUT2D eigenvalue weighted by Gasteiger charge is -2.30. The van der Waals surface area contributed by atoms with Gasteiger partial charge in [0.15, 0.2) is 4.91 Å². The third-order valence-electron chi connectivity index (χ3n) is 5.32. The Balaban J connectivity index is 1.70. The van der Waals surface area contributed by atoms with E-state index in [4.69, 9.17) is 4.74 Å². The zero-order valence-electron chi connectivity index (χ0n) is 16.1. The van der Waals surface area contributed by atoms with Crippen LogP contribution < -0.4 is 15.0 Å². The molecule has 2 aromatic carbocycles. The van der Waals surface area contributed by atoms with Gasteiger partial charge in [0.2, 0.25) is 9.84 Å². The minimum Gasteiger partial charge on any atom is -0.497 e. The van der Waals surface area contributed by atoms with E-state index in [-0.39, 0.29) is 9.80 Å². The Hall–Kier alpha value is -2.87. The molecule has 6 nitrogen and oxygen atoms in total. The van der Waals surface area contributed by atoms with Crippen molar-refractivity contribution in [2.24, 2.45) is 0 Å². The Labute approximate surface area is 168 Å². The Kier molecular flexibility index (Phi) is 4.82. The highest BCUT2D eigenvalue weighted by molar-refractivity contribution is 7.96. The van der Waals surface area contributed by atoms with Crippen LogP contribution in [0.25, 0.3) is 0 Å². The average Bonchev–Trinajstić information content (AvgIpc) is 3.16. The second-order valence-electron chi connectivity index (χ2n) is 7.11. The number of allylic oxidation sites excluding steroid dienone is 1. The molecule has 1 saturated heterocycles. The Morgan fingerprint density at radius 1 is 1.21 bits per heavy atom. The monoisotopic (exact) mass is 416 g/mol. The molecule has 152 valence electrons. The number of ether oxygens (including phenoxy) is 1. The van der Waals surface area contributed by atoms with E-state index in [2.05, 4.69) is 5.32 Å². The van der Waals surface area contributed by atoms with Gasteiger partial charge in [0.1, 0.15) is 11.6 Å². The van der Waals surface area contributed by atoms with Crippen molar-refractivity contribution in [3.05, 3.63) is 64.4 Å². The van der Waals surface area contributed by atoms with Crippen LogP contribution in [0.5, 0.6) is 5.75 Å². The zero-order valence-corrected chi connectivity index (χ0v) is 16.9. The van der Waals surface area contributed by atoms with Crippen LogP contribution in [-0.2, 0) is 14.6 Å². The molecule has 2 aliphatic heterocycles. The number of anilines is 1. The fourth-order valence-electron chi connectivity index (χ4n) is 3.86. The molecule has 1 N–H and O–H groups in total. The lowest BCUT2D eigenvalue weighted by Crippen LogP contribution is -2.36. The van der Waals surface area contributed by atoms with Crippen LogP contribution in [0.15, 0.2) is 58.0 Å². The van der Waals surface area contributed by atoms with Gasteiger partial charge >= 0.3 is 0 Å². The Morgan fingerprint density at radius 3 is 2.62 bits per heavy atom. The van der Waals surface area contributed by atoms with Crippen LogP contribution in [0.1, 0.15) is 31.4 Å². The van der Waals surface area contributed by atoms with E-state index in [9.17, 15) is 17.6 Å². The molecule has 0 aliphatic carbocycles. The number of nitrogens with one attached hydrogen (secondary N) is 1. The number of benzene rings is 2. The molecule has 2 aliphatic rings. The fourth-order valence-corrected chi connectivity index (χ4v) is 5.63. The van der Waals surface area contributed by atoms with E-state index < -0.39 is 27.6 Å². The summed E-state index contributed by atoms with van der Waals surface area (Å²) in [5.74, 6) is -0.640. The third-order valence-corrected chi connectivity index (χ3v) is 7.19. The summed E-state index contributed by atoms with van der Waals surface area (Å²) in [7, 11) is -2.57. The maximum Gasteiger partial charge on any atom is 0.265 e. The highest BCUT2D eigenvalue weighted by atomic mass is 32.2. The molecule has 0 aromatic heterocycles. The molecule has 4 rings (SSSR count). The van der Waals surface area contributed by atoms with Gasteiger partial charge < -0.3 is 15.0 Å². The fraction of sp³-hybridized carbons (Fsp3) is 0.286. The molecule has 0 radical (unpaired) electrons. The van der Waals surface area contributed by atoms with Gasteiger partial charge in [0.25, 0.3) is 5.91 Å². The first-order valence-corrected chi connectivity index (χ1v) is 10.8. The minimum atomic E-state index is -4.13. The van der Waals surface area contributed by atoms with Crippen LogP contribution in [0, 0.1) is 5.82 Å². The molecular weight excluding hydrogens is 395 g/mol. The van der Waals surface area contributed by atoms with Gasteiger partial charge in [-0.3, -0.25) is 4.79 Å². The van der Waals surface area contributed by atoms with Crippen molar-refractivity contribution in [2.75, 3.05) is 18.6 Å². The topological polar surface area (TPSA) is 75.7 Å². The molecule has 0 spiro atoms. The minimum absolute atomic E-state index is 0.162. The predicted octanol–water partition coefficient (Wildman–Crippen LogP) is 3.31. The van der Waals surface area contributed by atoms with Gasteiger partial charge in [-0.25, -0.2) is 12.8 Å². The third kappa shape index (κ3) is 3.27. The lowest BCUT2D eigenvalue weighted by molar-refractivity contribution is -0.117. The number of carbonyl (C=O) groups excluding carboxylic acids is 1. The van der Waals surface area contributed by atoms with Gasteiger partial charge in [-0.1, -0.05) is 12.1 Å². The van der Waals surface area contributed by atoms with Gasteiger partial charge in [-0.05, 0) is 55.7 Å². The molecule has 0 bridgehead atoms. The number of halogens is 1. The maximum atomic E-state index is 13.8. The summed E-state index contributed by atoms with van der Waals surface area (Å²) in [6.07, 6.45) is 1.21. The van der Waals surface area contributed by atoms with E-state index in [1.165, 1.54) is 12.1 Å². The number of rotatable bonds is 4. The summed E-state index contributed by atoms with van der Waals surface area (Å²) in [6.45, 7) is 2.37. The van der Waals surface area contributed by atoms with Gasteiger partial charge in [0.05, 0.1) is 23.7 Å². The molecule has 0 unspecified atom stereocenters. The summed E-state index contributed by atoms with van der Waals surface area (Å²) in [6, 6.07) is 10.4. The SMILES string of the molecule is COc1ccc([C@H](C)NC(=O)C2=C3CCCN3c3ccc(F)cc3S2(=O)=O)cc1. The zero-order chi connectivity index (χ0) is 20.8. The van der Waals surface area contributed by atoms with Crippen LogP contribution in [0.2, 0.25) is 0 Å². The van der Waals surface area contributed by atoms with Crippen molar-refractivity contribution in [1.82, 2.24) is 5.32 Å². The first-order valence-electron chi connectivity index (χ1n) is 9.33. The van der Waals surface area contributed by atoms with E-state index in [1.807, 2.05) is 17.0 Å². The molecule has 1 atom stereocenters. The molecule has 2 aromatic rings. The van der Waals surface area contributed by atoms with Gasteiger partial charge in [-0.15, -0.1) is 0 Å². The van der Waals surface area contributed by atoms with Crippen LogP contribution >= 0.6 is 0 Å². The van der Waals surface area contributed by atoms with E-state index in [0.29, 0.717) is 30.1 Å². The second kappa shape index (κ2) is 7.18. The summed E-state index contributed by atoms with van der Waals surface area (Å²) >= 11 is 0. The normalized spacial score (nSPS) is 18.1. The van der Waals surface area contributed by atoms with Crippen molar-refractivity contribution >= 4 is 21.4 Å². The highest BCUT2D eigenvalue weighted by Gasteiger charge is 2.42. The van der Waals surface area contributed by atoms with Crippen molar-refractivity contribution in [2.45, 2.75) is 30.7 Å². The summed E-state index contributed by atoms with van der Waals surface area (Å²) in [4.78, 5) is 14.4. The quantitative estimate of drug-likeness (QED) is 0.828. The Bertz CT molecular complexity index is 1110. The van der Waals surface area contributed by atoms with E-state index in [1.54, 1.807) is 26.2 Å². The number of methoxy groups -OCH3 is 1. The smallest absolute Gasteiger partial charge is 0.265 e. The molecule has 8 heteroatoms. The van der Waals surface area contributed by atoms with Gasteiger partial charge in [-0.2, -0.15) is 0 Å². The molecular formula is C21H21FN2O4S. The summed E-state index contributed by atoms with van der Waals surface area (Å²) in [5, 5.41) is 2.78. The first kappa shape index (κ1) is 19.4. The van der Waals surface area contributed by atoms with Crippen LogP contribution in [-0.4, -0.2) is 28.0 Å². The largest absolute Gasteiger partial charge is 0.497 e. The molecule has 29 heavy (non-hydrogen) atoms. The molecule has 1 fully saturated rings. The van der Waals surface area contributed by atoms with Crippen molar-refractivity contribution < 1.29 is 22.3 Å². The molecule has 2 heterocycles. The number of carbonyl (C=O) groups is 1. The summed E-state index contributed by atoms with van der Waals surface area (Å²) in [5.41, 5.74) is 1.72. The number of nitrogens with zero attached hydrogens (tertiary/aromatic N) is 1. The average molecular weight is 416 g/mol. The standard InChI is InChI=1S/C21H21FN2O4S/c1-13(14-5-8-16(28-2)9-6-14)23-21(25)20-18-4-3-11-24(18)17-10-7-15(22)12-19(17)29(20,26)27/h5-10,12-13H,3-4,11H2,1-2H3,(H,23,25)/t13-/m0/s1. The number of fused-ring (bicyclic) bond motifs is 3. The predicted molar refractivity (Wildman–Crippen MR) is 107 cm³/mol. The number of hydrogen-bond acceptors (Lipinski definition) is 5. The maximum absolute atomic E-state index is 13.8. The van der Waals surface area contributed by atoms with Crippen molar-refractivity contribution in [3.63, 3.8) is 0 Å². The number of amides is 1. The van der Waals surface area contributed by atoms with E-state index in [0.717, 1.165) is 18.1 Å². The molecule has 1 amide bonds. The first-order chi connectivity index (χ1) is 13.8. The second-order valence-corrected chi connectivity index (χ2v) is 8.97. The van der Waals surface area contributed by atoms with Crippen LogP contribution in [0.3, 0.4) is 0 Å². The van der Waals surface area contributed by atoms with E-state index >= 15 is 0 Å². The number of hydrogen-bond donors (Lipinski definition) is 1.